The minimum atomic E-state index is 0.447. The molecule has 1 aromatic rings. The van der Waals surface area contributed by atoms with Gasteiger partial charge in [-0.2, -0.15) is 5.10 Å². The summed E-state index contributed by atoms with van der Waals surface area (Å²) < 4.78 is 12.6. The van der Waals surface area contributed by atoms with Gasteiger partial charge in [0.15, 0.2) is 0 Å². The topological polar surface area (TPSA) is 39.6 Å². The molecule has 0 amide bonds. The summed E-state index contributed by atoms with van der Waals surface area (Å²) in [4.78, 5) is 0. The monoisotopic (exact) mass is 222 g/mol. The standard InChI is InChI=1S/C12H18N2O2/c1-14-7-10(6-11-8-16-11)12(13-14)9-2-4-15-5-3-9/h7,9,11H,2-6,8H2,1H3. The summed E-state index contributed by atoms with van der Waals surface area (Å²) in [6.07, 6.45) is 5.83. The molecule has 0 spiro atoms. The van der Waals surface area contributed by atoms with Crippen molar-refractivity contribution in [2.75, 3.05) is 19.8 Å². The average molecular weight is 222 g/mol. The fraction of sp³-hybridized carbons (Fsp3) is 0.750. The molecular formula is C12H18N2O2. The first-order chi connectivity index (χ1) is 7.83. The lowest BCUT2D eigenvalue weighted by molar-refractivity contribution is 0.0842. The van der Waals surface area contributed by atoms with Gasteiger partial charge in [-0.1, -0.05) is 0 Å². The van der Waals surface area contributed by atoms with Gasteiger partial charge in [0.25, 0.3) is 0 Å². The molecule has 2 aliphatic heterocycles. The van der Waals surface area contributed by atoms with E-state index >= 15 is 0 Å². The van der Waals surface area contributed by atoms with Gasteiger partial charge in [-0.05, 0) is 18.4 Å². The summed E-state index contributed by atoms with van der Waals surface area (Å²) in [5, 5.41) is 4.62. The maximum atomic E-state index is 5.40. The Bertz CT molecular complexity index is 365. The number of hydrogen-bond donors (Lipinski definition) is 0. The quantitative estimate of drug-likeness (QED) is 0.723. The van der Waals surface area contributed by atoms with Crippen LogP contribution < -0.4 is 0 Å². The van der Waals surface area contributed by atoms with E-state index in [0.29, 0.717) is 12.0 Å². The number of hydrogen-bond acceptors (Lipinski definition) is 3. The smallest absolute Gasteiger partial charge is 0.0851 e. The van der Waals surface area contributed by atoms with E-state index in [-0.39, 0.29) is 0 Å². The second kappa shape index (κ2) is 4.18. The molecule has 88 valence electrons. The van der Waals surface area contributed by atoms with E-state index in [1.165, 1.54) is 11.3 Å². The Morgan fingerprint density at radius 1 is 1.44 bits per heavy atom. The van der Waals surface area contributed by atoms with Gasteiger partial charge in [0, 0.05) is 38.8 Å². The molecule has 4 nitrogen and oxygen atoms in total. The van der Waals surface area contributed by atoms with Crippen molar-refractivity contribution >= 4 is 0 Å². The van der Waals surface area contributed by atoms with Gasteiger partial charge >= 0.3 is 0 Å². The molecule has 0 aromatic carbocycles. The van der Waals surface area contributed by atoms with Crippen LogP contribution in [0.5, 0.6) is 0 Å². The van der Waals surface area contributed by atoms with Crippen LogP contribution in [0, 0.1) is 0 Å². The first kappa shape index (κ1) is 10.3. The largest absolute Gasteiger partial charge is 0.381 e. The van der Waals surface area contributed by atoms with Crippen molar-refractivity contribution in [3.8, 4) is 0 Å². The highest BCUT2D eigenvalue weighted by Gasteiger charge is 2.28. The maximum absolute atomic E-state index is 5.40. The lowest BCUT2D eigenvalue weighted by Crippen LogP contribution is -2.16. The summed E-state index contributed by atoms with van der Waals surface area (Å²) in [5.41, 5.74) is 2.65. The van der Waals surface area contributed by atoms with Crippen LogP contribution in [-0.2, 0) is 22.9 Å². The van der Waals surface area contributed by atoms with E-state index < -0.39 is 0 Å². The van der Waals surface area contributed by atoms with E-state index in [1.54, 1.807) is 0 Å². The van der Waals surface area contributed by atoms with Crippen LogP contribution in [0.3, 0.4) is 0 Å². The third kappa shape index (κ3) is 2.13. The average Bonchev–Trinajstić information content (AvgIpc) is 3.03. The predicted octanol–water partition coefficient (Wildman–Crippen LogP) is 1.26. The Hall–Kier alpha value is -0.870. The fourth-order valence-electron chi connectivity index (χ4n) is 2.46. The van der Waals surface area contributed by atoms with E-state index in [9.17, 15) is 0 Å². The van der Waals surface area contributed by atoms with Gasteiger partial charge in [0.2, 0.25) is 0 Å². The lowest BCUT2D eigenvalue weighted by atomic mass is 9.93. The summed E-state index contributed by atoms with van der Waals surface area (Å²) in [6, 6.07) is 0. The second-order valence-corrected chi connectivity index (χ2v) is 4.76. The van der Waals surface area contributed by atoms with Gasteiger partial charge in [0.1, 0.15) is 0 Å². The van der Waals surface area contributed by atoms with Crippen molar-refractivity contribution in [3.63, 3.8) is 0 Å². The molecule has 2 aliphatic rings. The number of rotatable bonds is 3. The highest BCUT2D eigenvalue weighted by Crippen LogP contribution is 2.30. The van der Waals surface area contributed by atoms with Crippen LogP contribution in [-0.4, -0.2) is 35.7 Å². The van der Waals surface area contributed by atoms with E-state index in [0.717, 1.165) is 39.1 Å². The van der Waals surface area contributed by atoms with Crippen LogP contribution in [0.1, 0.15) is 30.0 Å². The Kier molecular flexibility index (Phi) is 2.69. The third-order valence-electron chi connectivity index (χ3n) is 3.40. The van der Waals surface area contributed by atoms with Crippen LogP contribution in [0.2, 0.25) is 0 Å². The third-order valence-corrected chi connectivity index (χ3v) is 3.40. The SMILES string of the molecule is Cn1cc(CC2CO2)c(C2CCOCC2)n1. The van der Waals surface area contributed by atoms with Crippen LogP contribution >= 0.6 is 0 Å². The zero-order chi connectivity index (χ0) is 11.0. The molecule has 2 fully saturated rings. The number of aromatic nitrogens is 2. The Morgan fingerprint density at radius 3 is 2.88 bits per heavy atom. The summed E-state index contributed by atoms with van der Waals surface area (Å²) >= 11 is 0. The van der Waals surface area contributed by atoms with Crippen molar-refractivity contribution in [1.29, 1.82) is 0 Å². The normalized spacial score (nSPS) is 25.9. The Labute approximate surface area is 95.5 Å². The molecule has 0 N–H and O–H groups in total. The van der Waals surface area contributed by atoms with Crippen molar-refractivity contribution in [2.45, 2.75) is 31.3 Å². The minimum Gasteiger partial charge on any atom is -0.381 e. The van der Waals surface area contributed by atoms with Crippen molar-refractivity contribution in [3.05, 3.63) is 17.5 Å². The van der Waals surface area contributed by atoms with Gasteiger partial charge in [-0.25, -0.2) is 0 Å². The van der Waals surface area contributed by atoms with E-state index in [4.69, 9.17) is 9.47 Å². The summed E-state index contributed by atoms with van der Waals surface area (Å²) in [5.74, 6) is 0.587. The van der Waals surface area contributed by atoms with Gasteiger partial charge in [-0.3, -0.25) is 4.68 Å². The molecule has 0 aliphatic carbocycles. The molecule has 1 unspecified atom stereocenters. The predicted molar refractivity (Wildman–Crippen MR) is 59.4 cm³/mol. The molecule has 0 radical (unpaired) electrons. The van der Waals surface area contributed by atoms with Crippen LogP contribution in [0.15, 0.2) is 6.20 Å². The number of aryl methyl sites for hydroxylation is 1. The zero-order valence-electron chi connectivity index (χ0n) is 9.69. The molecule has 3 heterocycles. The summed E-state index contributed by atoms with van der Waals surface area (Å²) in [6.45, 7) is 2.67. The number of nitrogens with zero attached hydrogens (tertiary/aromatic N) is 2. The summed E-state index contributed by atoms with van der Waals surface area (Å²) in [7, 11) is 2.00. The zero-order valence-corrected chi connectivity index (χ0v) is 9.69. The molecule has 3 rings (SSSR count). The molecule has 16 heavy (non-hydrogen) atoms. The first-order valence-electron chi connectivity index (χ1n) is 6.04. The maximum Gasteiger partial charge on any atom is 0.0851 e. The van der Waals surface area contributed by atoms with Gasteiger partial charge < -0.3 is 9.47 Å². The molecular weight excluding hydrogens is 204 g/mol. The fourth-order valence-corrected chi connectivity index (χ4v) is 2.46. The van der Waals surface area contributed by atoms with Crippen LogP contribution in [0.25, 0.3) is 0 Å². The van der Waals surface area contributed by atoms with E-state index in [2.05, 4.69) is 11.3 Å². The van der Waals surface area contributed by atoms with E-state index in [1.807, 2.05) is 11.7 Å². The lowest BCUT2D eigenvalue weighted by Gasteiger charge is -2.21. The van der Waals surface area contributed by atoms with Gasteiger partial charge in [-0.15, -0.1) is 0 Å². The Balaban J connectivity index is 1.79. The molecule has 0 bridgehead atoms. The highest BCUT2D eigenvalue weighted by atomic mass is 16.6. The van der Waals surface area contributed by atoms with Gasteiger partial charge in [0.05, 0.1) is 18.4 Å². The van der Waals surface area contributed by atoms with Crippen LogP contribution in [0.4, 0.5) is 0 Å². The number of epoxide rings is 1. The second-order valence-electron chi connectivity index (χ2n) is 4.76. The van der Waals surface area contributed by atoms with Crippen molar-refractivity contribution < 1.29 is 9.47 Å². The molecule has 4 heteroatoms. The first-order valence-corrected chi connectivity index (χ1v) is 6.04. The highest BCUT2D eigenvalue weighted by molar-refractivity contribution is 5.23. The molecule has 0 saturated carbocycles. The van der Waals surface area contributed by atoms with Crippen molar-refractivity contribution in [1.82, 2.24) is 9.78 Å². The molecule has 1 atom stereocenters. The Morgan fingerprint density at radius 2 is 2.19 bits per heavy atom. The minimum absolute atomic E-state index is 0.447. The number of ether oxygens (including phenoxy) is 2. The van der Waals surface area contributed by atoms with Crippen molar-refractivity contribution in [2.24, 2.45) is 7.05 Å². The molecule has 1 aromatic heterocycles. The molecule has 2 saturated heterocycles.